The van der Waals surface area contributed by atoms with Crippen molar-refractivity contribution in [2.45, 2.75) is 63.8 Å². The first-order valence-electron chi connectivity index (χ1n) is 10.4. The van der Waals surface area contributed by atoms with Crippen molar-refractivity contribution in [1.29, 1.82) is 0 Å². The monoisotopic (exact) mass is 362 g/mol. The van der Waals surface area contributed by atoms with Crippen molar-refractivity contribution in [1.82, 2.24) is 9.55 Å². The fourth-order valence-corrected chi connectivity index (χ4v) is 4.90. The van der Waals surface area contributed by atoms with Gasteiger partial charge in [0.2, 0.25) is 0 Å². The highest BCUT2D eigenvalue weighted by Crippen LogP contribution is 2.38. The molecule has 3 nitrogen and oxygen atoms in total. The molecule has 1 heterocycles. The molecule has 27 heavy (non-hydrogen) atoms. The van der Waals surface area contributed by atoms with Crippen LogP contribution in [0.2, 0.25) is 0 Å². The third-order valence-corrected chi connectivity index (χ3v) is 6.47. The van der Waals surface area contributed by atoms with Crippen LogP contribution >= 0.6 is 0 Å². The molecule has 1 aliphatic rings. The molecule has 0 saturated heterocycles. The first kappa shape index (κ1) is 18.1. The van der Waals surface area contributed by atoms with E-state index in [1.165, 1.54) is 44.1 Å². The van der Waals surface area contributed by atoms with Gasteiger partial charge < -0.3 is 4.98 Å². The number of aromatic nitrogens is 2. The molecular formula is C24H30N2O. The molecule has 0 bridgehead atoms. The maximum Gasteiger partial charge on any atom is 0.326 e. The summed E-state index contributed by atoms with van der Waals surface area (Å²) in [5.41, 5.74) is 3.41. The molecular weight excluding hydrogens is 332 g/mol. The van der Waals surface area contributed by atoms with E-state index < -0.39 is 0 Å². The minimum absolute atomic E-state index is 0.0428. The van der Waals surface area contributed by atoms with Crippen molar-refractivity contribution in [3.05, 3.63) is 70.6 Å². The number of rotatable bonds is 5. The van der Waals surface area contributed by atoms with Crippen LogP contribution < -0.4 is 5.69 Å². The van der Waals surface area contributed by atoms with E-state index in [0.29, 0.717) is 0 Å². The highest BCUT2D eigenvalue weighted by molar-refractivity contribution is 5.75. The molecule has 0 amide bonds. The van der Waals surface area contributed by atoms with E-state index in [4.69, 9.17) is 0 Å². The summed E-state index contributed by atoms with van der Waals surface area (Å²) in [6, 6.07) is 18.9. The number of aromatic amines is 1. The number of benzene rings is 2. The average molecular weight is 363 g/mol. The predicted octanol–water partition coefficient (Wildman–Crippen LogP) is 5.65. The fraction of sp³-hybridized carbons (Fsp3) is 0.458. The molecule has 3 aromatic rings. The zero-order valence-corrected chi connectivity index (χ0v) is 16.3. The van der Waals surface area contributed by atoms with Crippen molar-refractivity contribution in [2.24, 2.45) is 5.92 Å². The van der Waals surface area contributed by atoms with Crippen LogP contribution in [0.25, 0.3) is 11.0 Å². The summed E-state index contributed by atoms with van der Waals surface area (Å²) in [5, 5.41) is 0. The number of fused-ring (bicyclic) bond motifs is 1. The van der Waals surface area contributed by atoms with Crippen molar-refractivity contribution in [3.8, 4) is 0 Å². The summed E-state index contributed by atoms with van der Waals surface area (Å²) in [7, 11) is 0. The van der Waals surface area contributed by atoms with Gasteiger partial charge in [-0.1, -0.05) is 61.7 Å². The Morgan fingerprint density at radius 2 is 1.81 bits per heavy atom. The summed E-state index contributed by atoms with van der Waals surface area (Å²) in [4.78, 5) is 15.7. The Kier molecular flexibility index (Phi) is 5.20. The van der Waals surface area contributed by atoms with Gasteiger partial charge in [0.1, 0.15) is 0 Å². The summed E-state index contributed by atoms with van der Waals surface area (Å²) in [6.45, 7) is 2.28. The molecule has 3 heteroatoms. The second-order valence-corrected chi connectivity index (χ2v) is 8.45. The molecule has 0 spiro atoms. The summed E-state index contributed by atoms with van der Waals surface area (Å²) < 4.78 is 2.04. The van der Waals surface area contributed by atoms with E-state index in [-0.39, 0.29) is 11.2 Å². The minimum atomic E-state index is -0.0785. The van der Waals surface area contributed by atoms with E-state index in [1.807, 2.05) is 22.8 Å². The molecule has 4 rings (SSSR count). The van der Waals surface area contributed by atoms with Crippen molar-refractivity contribution < 1.29 is 0 Å². The molecule has 1 saturated carbocycles. The Balaban J connectivity index is 1.43. The zero-order valence-electron chi connectivity index (χ0n) is 16.3. The van der Waals surface area contributed by atoms with Gasteiger partial charge in [0.05, 0.1) is 11.0 Å². The second-order valence-electron chi connectivity index (χ2n) is 8.45. The van der Waals surface area contributed by atoms with Crippen molar-refractivity contribution >= 4 is 11.0 Å². The summed E-state index contributed by atoms with van der Waals surface area (Å²) >= 11 is 0. The lowest BCUT2D eigenvalue weighted by atomic mass is 9.89. The molecule has 1 aromatic heterocycles. The van der Waals surface area contributed by atoms with E-state index in [2.05, 4.69) is 48.3 Å². The number of hydrogen-bond donors (Lipinski definition) is 1. The number of para-hydroxylation sites is 2. The van der Waals surface area contributed by atoms with Crippen LogP contribution in [0.5, 0.6) is 0 Å². The maximum absolute atomic E-state index is 12.7. The normalized spacial score (nSPS) is 23.4. The molecule has 2 unspecified atom stereocenters. The predicted molar refractivity (Wildman–Crippen MR) is 112 cm³/mol. The molecule has 0 aliphatic heterocycles. The standard InChI is InChI=1S/C24H30N2O/c1-24(26-22-15-6-5-14-21(22)25-23(26)27)17-8-13-20(16-18-24)12-7-11-19-9-3-2-4-10-19/h2-6,9-10,14-15,20H,7-8,11-13,16-18H2,1H3,(H,25,27). The lowest BCUT2D eigenvalue weighted by molar-refractivity contribution is 0.270. The van der Waals surface area contributed by atoms with Crippen LogP contribution in [-0.2, 0) is 12.0 Å². The first-order chi connectivity index (χ1) is 13.2. The lowest BCUT2D eigenvalue weighted by Crippen LogP contribution is -2.37. The van der Waals surface area contributed by atoms with Gasteiger partial charge in [-0.2, -0.15) is 0 Å². The maximum atomic E-state index is 12.7. The van der Waals surface area contributed by atoms with Gasteiger partial charge in [-0.25, -0.2) is 4.79 Å². The molecule has 1 fully saturated rings. The zero-order chi connectivity index (χ0) is 18.7. The van der Waals surface area contributed by atoms with Crippen LogP contribution in [0.15, 0.2) is 59.4 Å². The van der Waals surface area contributed by atoms with E-state index >= 15 is 0 Å². The van der Waals surface area contributed by atoms with Gasteiger partial charge >= 0.3 is 5.69 Å². The molecule has 142 valence electrons. The molecule has 0 radical (unpaired) electrons. The van der Waals surface area contributed by atoms with Crippen LogP contribution in [0.3, 0.4) is 0 Å². The summed E-state index contributed by atoms with van der Waals surface area (Å²) in [5.74, 6) is 0.788. The van der Waals surface area contributed by atoms with Crippen LogP contribution in [0, 0.1) is 5.92 Å². The topological polar surface area (TPSA) is 37.8 Å². The Morgan fingerprint density at radius 3 is 2.67 bits per heavy atom. The number of aryl methyl sites for hydroxylation is 1. The van der Waals surface area contributed by atoms with Gasteiger partial charge in [0.15, 0.2) is 0 Å². The van der Waals surface area contributed by atoms with Crippen LogP contribution in [-0.4, -0.2) is 9.55 Å². The van der Waals surface area contributed by atoms with Gasteiger partial charge in [-0.05, 0) is 62.6 Å². The van der Waals surface area contributed by atoms with Gasteiger partial charge in [0, 0.05) is 5.54 Å². The molecule has 2 atom stereocenters. The number of nitrogens with one attached hydrogen (secondary N) is 1. The lowest BCUT2D eigenvalue weighted by Gasteiger charge is -2.30. The Labute approximate surface area is 161 Å². The molecule has 1 N–H and O–H groups in total. The fourth-order valence-electron chi connectivity index (χ4n) is 4.90. The smallest absolute Gasteiger partial charge is 0.306 e. The highest BCUT2D eigenvalue weighted by Gasteiger charge is 2.32. The largest absolute Gasteiger partial charge is 0.326 e. The average Bonchev–Trinajstić information content (AvgIpc) is 2.91. The van der Waals surface area contributed by atoms with Gasteiger partial charge in [0.25, 0.3) is 0 Å². The molecule has 1 aliphatic carbocycles. The summed E-state index contributed by atoms with van der Waals surface area (Å²) in [6.07, 6.45) is 9.63. The van der Waals surface area contributed by atoms with Gasteiger partial charge in [-0.3, -0.25) is 4.57 Å². The molecule has 2 aromatic carbocycles. The highest BCUT2D eigenvalue weighted by atomic mass is 16.1. The Bertz CT molecular complexity index is 940. The third-order valence-electron chi connectivity index (χ3n) is 6.47. The quantitative estimate of drug-likeness (QED) is 0.585. The van der Waals surface area contributed by atoms with Crippen molar-refractivity contribution in [2.75, 3.05) is 0 Å². The second kappa shape index (κ2) is 7.75. The van der Waals surface area contributed by atoms with Crippen LogP contribution in [0.1, 0.15) is 57.4 Å². The van der Waals surface area contributed by atoms with E-state index in [9.17, 15) is 4.79 Å². The first-order valence-corrected chi connectivity index (χ1v) is 10.4. The number of nitrogens with zero attached hydrogens (tertiary/aromatic N) is 1. The SMILES string of the molecule is CC1(n2c(=O)[nH]c3ccccc32)CCCC(CCCc2ccccc2)CC1. The Morgan fingerprint density at radius 1 is 1.04 bits per heavy atom. The number of imidazole rings is 1. The third kappa shape index (κ3) is 3.87. The van der Waals surface area contributed by atoms with Crippen LogP contribution in [0.4, 0.5) is 0 Å². The van der Waals surface area contributed by atoms with Crippen molar-refractivity contribution in [3.63, 3.8) is 0 Å². The number of H-pyrrole nitrogens is 1. The van der Waals surface area contributed by atoms with E-state index in [0.717, 1.165) is 29.8 Å². The Hall–Kier alpha value is -2.29. The minimum Gasteiger partial charge on any atom is -0.306 e. The van der Waals surface area contributed by atoms with Gasteiger partial charge in [-0.15, -0.1) is 0 Å². The van der Waals surface area contributed by atoms with E-state index in [1.54, 1.807) is 0 Å². The number of hydrogen-bond acceptors (Lipinski definition) is 1.